The molecule has 2 aromatic carbocycles. The first-order valence-electron chi connectivity index (χ1n) is 11.5. The van der Waals surface area contributed by atoms with Crippen LogP contribution < -0.4 is 4.90 Å². The molecule has 0 spiro atoms. The summed E-state index contributed by atoms with van der Waals surface area (Å²) in [6.45, 7) is 3.82. The van der Waals surface area contributed by atoms with Crippen LogP contribution in [-0.2, 0) is 14.3 Å². The van der Waals surface area contributed by atoms with Gasteiger partial charge in [0.15, 0.2) is 0 Å². The van der Waals surface area contributed by atoms with Crippen molar-refractivity contribution in [2.24, 2.45) is 0 Å². The van der Waals surface area contributed by atoms with E-state index in [1.54, 1.807) is 24.3 Å². The number of nitrogens with zero attached hydrogens (tertiary/aromatic N) is 2. The molecule has 4 rings (SSSR count). The molecule has 2 aromatic rings. The van der Waals surface area contributed by atoms with E-state index in [4.69, 9.17) is 4.74 Å². The SMILES string of the molecule is CCCOC(=O)c1ccc(N2C(=O)C(Sc3ccccc3)=C(N3CCCCCC3)C2=O)cc1. The minimum atomic E-state index is -0.411. The van der Waals surface area contributed by atoms with Crippen molar-refractivity contribution in [2.75, 3.05) is 24.6 Å². The zero-order valence-corrected chi connectivity index (χ0v) is 19.6. The van der Waals surface area contributed by atoms with Crippen molar-refractivity contribution in [3.8, 4) is 0 Å². The molecule has 33 heavy (non-hydrogen) atoms. The molecule has 0 aliphatic carbocycles. The van der Waals surface area contributed by atoms with Crippen molar-refractivity contribution in [1.82, 2.24) is 4.90 Å². The highest BCUT2D eigenvalue weighted by Gasteiger charge is 2.42. The normalized spacial score (nSPS) is 16.9. The first-order valence-corrected chi connectivity index (χ1v) is 12.3. The van der Waals surface area contributed by atoms with Crippen LogP contribution in [0.4, 0.5) is 5.69 Å². The number of carbonyl (C=O) groups excluding carboxylic acids is 3. The minimum Gasteiger partial charge on any atom is -0.462 e. The highest BCUT2D eigenvalue weighted by atomic mass is 32.2. The molecule has 0 saturated carbocycles. The number of thioether (sulfide) groups is 1. The molecule has 172 valence electrons. The third kappa shape index (κ3) is 5.14. The van der Waals surface area contributed by atoms with Gasteiger partial charge in [0.25, 0.3) is 11.8 Å². The number of imide groups is 1. The monoisotopic (exact) mass is 464 g/mol. The highest BCUT2D eigenvalue weighted by Crippen LogP contribution is 2.39. The number of rotatable bonds is 7. The van der Waals surface area contributed by atoms with Crippen molar-refractivity contribution in [3.63, 3.8) is 0 Å². The van der Waals surface area contributed by atoms with Gasteiger partial charge in [0, 0.05) is 18.0 Å². The molecule has 0 radical (unpaired) electrons. The van der Waals surface area contributed by atoms with Gasteiger partial charge in [-0.2, -0.15) is 0 Å². The third-order valence-corrected chi connectivity index (χ3v) is 6.78. The summed E-state index contributed by atoms with van der Waals surface area (Å²) in [7, 11) is 0. The van der Waals surface area contributed by atoms with Crippen LogP contribution in [0.2, 0.25) is 0 Å². The molecule has 2 aliphatic rings. The molecule has 2 amide bonds. The van der Waals surface area contributed by atoms with Gasteiger partial charge < -0.3 is 9.64 Å². The average molecular weight is 465 g/mol. The lowest BCUT2D eigenvalue weighted by atomic mass is 10.2. The van der Waals surface area contributed by atoms with Gasteiger partial charge in [0.2, 0.25) is 0 Å². The highest BCUT2D eigenvalue weighted by molar-refractivity contribution is 8.04. The number of amides is 2. The van der Waals surface area contributed by atoms with E-state index in [9.17, 15) is 14.4 Å². The molecule has 1 saturated heterocycles. The van der Waals surface area contributed by atoms with E-state index in [1.165, 1.54) is 16.7 Å². The maximum atomic E-state index is 13.6. The number of carbonyl (C=O) groups is 3. The summed E-state index contributed by atoms with van der Waals surface area (Å²) in [5, 5.41) is 0. The fourth-order valence-electron chi connectivity index (χ4n) is 4.03. The summed E-state index contributed by atoms with van der Waals surface area (Å²) < 4.78 is 5.17. The van der Waals surface area contributed by atoms with Gasteiger partial charge in [0.1, 0.15) is 10.6 Å². The van der Waals surface area contributed by atoms with Crippen LogP contribution in [0.25, 0.3) is 0 Å². The van der Waals surface area contributed by atoms with Gasteiger partial charge in [-0.1, -0.05) is 49.7 Å². The number of anilines is 1. The molecule has 1 fully saturated rings. The molecule has 0 N–H and O–H groups in total. The number of hydrogen-bond donors (Lipinski definition) is 0. The van der Waals surface area contributed by atoms with Crippen LogP contribution in [0, 0.1) is 0 Å². The minimum absolute atomic E-state index is 0.304. The molecule has 2 heterocycles. The van der Waals surface area contributed by atoms with E-state index >= 15 is 0 Å². The Morgan fingerprint density at radius 3 is 2.21 bits per heavy atom. The first-order chi connectivity index (χ1) is 16.1. The summed E-state index contributed by atoms with van der Waals surface area (Å²) >= 11 is 1.34. The Morgan fingerprint density at radius 2 is 1.58 bits per heavy atom. The number of hydrogen-bond acceptors (Lipinski definition) is 6. The third-order valence-electron chi connectivity index (χ3n) is 5.70. The number of benzene rings is 2. The molecular formula is C26H28N2O4S. The molecule has 0 aromatic heterocycles. The molecule has 2 aliphatic heterocycles. The predicted molar refractivity (Wildman–Crippen MR) is 129 cm³/mol. The quantitative estimate of drug-likeness (QED) is 0.424. The lowest BCUT2D eigenvalue weighted by molar-refractivity contribution is -0.121. The second-order valence-corrected chi connectivity index (χ2v) is 9.21. The molecule has 0 unspecified atom stereocenters. The summed E-state index contributed by atoms with van der Waals surface area (Å²) in [4.78, 5) is 43.9. The fraction of sp³-hybridized carbons (Fsp3) is 0.346. The van der Waals surface area contributed by atoms with E-state index in [-0.39, 0.29) is 11.8 Å². The summed E-state index contributed by atoms with van der Waals surface area (Å²) in [6, 6.07) is 16.1. The van der Waals surface area contributed by atoms with Gasteiger partial charge in [-0.05, 0) is 55.7 Å². The van der Waals surface area contributed by atoms with Gasteiger partial charge >= 0.3 is 5.97 Å². The van der Waals surface area contributed by atoms with Crippen molar-refractivity contribution in [1.29, 1.82) is 0 Å². The average Bonchev–Trinajstić information content (AvgIpc) is 3.00. The van der Waals surface area contributed by atoms with E-state index in [1.807, 2.05) is 37.3 Å². The Balaban J connectivity index is 1.64. The number of likely N-dealkylation sites (tertiary alicyclic amines) is 1. The summed E-state index contributed by atoms with van der Waals surface area (Å²) in [6.07, 6.45) is 5.01. The predicted octanol–water partition coefficient (Wildman–Crippen LogP) is 5.01. The molecule has 0 bridgehead atoms. The Kier molecular flexibility index (Phi) is 7.50. The number of ether oxygens (including phenoxy) is 1. The van der Waals surface area contributed by atoms with Gasteiger partial charge in [-0.15, -0.1) is 0 Å². The second-order valence-electron chi connectivity index (χ2n) is 8.12. The summed E-state index contributed by atoms with van der Waals surface area (Å²) in [5.41, 5.74) is 1.33. The van der Waals surface area contributed by atoms with Crippen LogP contribution in [0.3, 0.4) is 0 Å². The van der Waals surface area contributed by atoms with Crippen LogP contribution in [0.1, 0.15) is 49.4 Å². The number of esters is 1. The van der Waals surface area contributed by atoms with Crippen molar-refractivity contribution in [2.45, 2.75) is 43.9 Å². The Bertz CT molecular complexity index is 1040. The van der Waals surface area contributed by atoms with Gasteiger partial charge in [0.05, 0.1) is 17.9 Å². The van der Waals surface area contributed by atoms with E-state index in [0.29, 0.717) is 28.5 Å². The van der Waals surface area contributed by atoms with Gasteiger partial charge in [-0.25, -0.2) is 9.69 Å². The zero-order valence-electron chi connectivity index (χ0n) is 18.8. The van der Waals surface area contributed by atoms with E-state index in [2.05, 4.69) is 4.90 Å². The van der Waals surface area contributed by atoms with Gasteiger partial charge in [-0.3, -0.25) is 9.59 Å². The lowest BCUT2D eigenvalue weighted by Crippen LogP contribution is -2.35. The summed E-state index contributed by atoms with van der Waals surface area (Å²) in [5.74, 6) is -1.04. The second kappa shape index (κ2) is 10.7. The smallest absolute Gasteiger partial charge is 0.338 e. The van der Waals surface area contributed by atoms with Crippen LogP contribution in [-0.4, -0.2) is 42.4 Å². The van der Waals surface area contributed by atoms with Crippen molar-refractivity contribution in [3.05, 3.63) is 70.8 Å². The molecule has 7 heteroatoms. The van der Waals surface area contributed by atoms with Crippen LogP contribution >= 0.6 is 11.8 Å². The van der Waals surface area contributed by atoms with E-state index in [0.717, 1.165) is 50.1 Å². The standard InChI is InChI=1S/C26H28N2O4S/c1-2-18-32-26(31)19-12-14-20(15-13-19)28-24(29)22(27-16-8-3-4-9-17-27)23(25(28)30)33-21-10-6-5-7-11-21/h5-7,10-15H,2-4,8-9,16-18H2,1H3. The van der Waals surface area contributed by atoms with Crippen molar-refractivity contribution < 1.29 is 19.1 Å². The first kappa shape index (κ1) is 23.1. The van der Waals surface area contributed by atoms with Crippen molar-refractivity contribution >= 4 is 35.2 Å². The lowest BCUT2D eigenvalue weighted by Gasteiger charge is -2.24. The molecule has 0 atom stereocenters. The maximum Gasteiger partial charge on any atom is 0.338 e. The Morgan fingerprint density at radius 1 is 0.909 bits per heavy atom. The molecular weight excluding hydrogens is 436 g/mol. The Labute approximate surface area is 198 Å². The van der Waals surface area contributed by atoms with Crippen LogP contribution in [0.5, 0.6) is 0 Å². The molecule has 6 nitrogen and oxygen atoms in total. The largest absolute Gasteiger partial charge is 0.462 e. The topological polar surface area (TPSA) is 66.9 Å². The fourth-order valence-corrected chi connectivity index (χ4v) is 5.05. The van der Waals surface area contributed by atoms with E-state index < -0.39 is 5.97 Å². The zero-order chi connectivity index (χ0) is 23.2. The maximum absolute atomic E-state index is 13.6. The Hall–Kier alpha value is -3.06. The van der Waals surface area contributed by atoms with Crippen LogP contribution in [0.15, 0.2) is 70.1 Å².